The molecular formula is C59H37N3O. The van der Waals surface area contributed by atoms with E-state index in [4.69, 9.17) is 14.7 Å². The molecule has 0 saturated carbocycles. The highest BCUT2D eigenvalue weighted by molar-refractivity contribution is 6.11. The van der Waals surface area contributed by atoms with Crippen molar-refractivity contribution in [2.45, 2.75) is 5.41 Å². The predicted octanol–water partition coefficient (Wildman–Crippen LogP) is 14.7. The number of fused-ring (bicyclic) bond motifs is 12. The quantitative estimate of drug-likeness (QED) is 0.174. The Morgan fingerprint density at radius 3 is 1.52 bits per heavy atom. The molecular weight excluding hydrogens is 767 g/mol. The second-order valence-corrected chi connectivity index (χ2v) is 16.5. The molecule has 63 heavy (non-hydrogen) atoms. The summed E-state index contributed by atoms with van der Waals surface area (Å²) in [5.74, 6) is 2.49. The second kappa shape index (κ2) is 13.8. The molecule has 0 radical (unpaired) electrons. The molecule has 1 spiro atoms. The molecule has 13 rings (SSSR count). The highest BCUT2D eigenvalue weighted by atomic mass is 16.5. The maximum absolute atomic E-state index is 6.63. The molecule has 1 aliphatic heterocycles. The third-order valence-electron chi connectivity index (χ3n) is 13.1. The first-order valence-corrected chi connectivity index (χ1v) is 21.5. The van der Waals surface area contributed by atoms with E-state index in [1.807, 2.05) is 24.3 Å². The first-order chi connectivity index (χ1) is 31.2. The van der Waals surface area contributed by atoms with Gasteiger partial charge < -0.3 is 9.30 Å². The van der Waals surface area contributed by atoms with Crippen LogP contribution in [0.15, 0.2) is 224 Å². The van der Waals surface area contributed by atoms with Gasteiger partial charge in [-0.15, -0.1) is 0 Å². The van der Waals surface area contributed by atoms with Crippen molar-refractivity contribution in [3.63, 3.8) is 0 Å². The molecule has 3 heterocycles. The van der Waals surface area contributed by atoms with Gasteiger partial charge in [-0.05, 0) is 94.0 Å². The van der Waals surface area contributed by atoms with Crippen molar-refractivity contribution in [2.24, 2.45) is 0 Å². The van der Waals surface area contributed by atoms with Crippen LogP contribution >= 0.6 is 0 Å². The summed E-state index contributed by atoms with van der Waals surface area (Å²) in [6.45, 7) is 0. The van der Waals surface area contributed by atoms with E-state index in [0.29, 0.717) is 5.82 Å². The monoisotopic (exact) mass is 803 g/mol. The Bertz CT molecular complexity index is 3490. The molecule has 294 valence electrons. The van der Waals surface area contributed by atoms with Crippen molar-refractivity contribution in [3.05, 3.63) is 247 Å². The van der Waals surface area contributed by atoms with Gasteiger partial charge in [-0.25, -0.2) is 9.97 Å². The Morgan fingerprint density at radius 2 is 0.841 bits per heavy atom. The van der Waals surface area contributed by atoms with Crippen molar-refractivity contribution in [2.75, 3.05) is 0 Å². The smallest absolute Gasteiger partial charge is 0.160 e. The van der Waals surface area contributed by atoms with Crippen LogP contribution in [0.5, 0.6) is 11.5 Å². The molecule has 11 aromatic rings. The van der Waals surface area contributed by atoms with Gasteiger partial charge >= 0.3 is 0 Å². The molecule has 0 amide bonds. The lowest BCUT2D eigenvalue weighted by molar-refractivity contribution is 0.436. The van der Waals surface area contributed by atoms with E-state index in [1.165, 1.54) is 27.6 Å². The van der Waals surface area contributed by atoms with E-state index in [0.717, 1.165) is 83.9 Å². The second-order valence-electron chi connectivity index (χ2n) is 16.5. The van der Waals surface area contributed by atoms with Crippen molar-refractivity contribution >= 4 is 21.8 Å². The fraction of sp³-hybridized carbons (Fsp3) is 0.0169. The largest absolute Gasteiger partial charge is 0.457 e. The number of nitrogens with zero attached hydrogens (tertiary/aromatic N) is 3. The van der Waals surface area contributed by atoms with Gasteiger partial charge in [-0.2, -0.15) is 0 Å². The maximum Gasteiger partial charge on any atom is 0.160 e. The summed E-state index contributed by atoms with van der Waals surface area (Å²) in [6, 6.07) is 80.2. The molecule has 9 aromatic carbocycles. The topological polar surface area (TPSA) is 39.9 Å². The summed E-state index contributed by atoms with van der Waals surface area (Å²) in [5.41, 5.74) is 17.4. The number of rotatable bonds is 5. The van der Waals surface area contributed by atoms with Crippen LogP contribution in [0, 0.1) is 0 Å². The summed E-state index contributed by atoms with van der Waals surface area (Å²) < 4.78 is 9.01. The summed E-state index contributed by atoms with van der Waals surface area (Å²) in [4.78, 5) is 10.3. The Hall–Kier alpha value is -8.34. The fourth-order valence-electron chi connectivity index (χ4n) is 10.3. The normalized spacial score (nSPS) is 13.0. The van der Waals surface area contributed by atoms with E-state index in [1.54, 1.807) is 0 Å². The zero-order valence-corrected chi connectivity index (χ0v) is 34.1. The Labute approximate surface area is 365 Å². The maximum atomic E-state index is 6.63. The van der Waals surface area contributed by atoms with Crippen LogP contribution < -0.4 is 4.74 Å². The molecule has 0 saturated heterocycles. The molecule has 4 heteroatoms. The van der Waals surface area contributed by atoms with Crippen LogP contribution in [0.1, 0.15) is 22.3 Å². The van der Waals surface area contributed by atoms with Crippen LogP contribution in [0.25, 0.3) is 83.6 Å². The summed E-state index contributed by atoms with van der Waals surface area (Å²) >= 11 is 0. The lowest BCUT2D eigenvalue weighted by atomic mass is 9.66. The van der Waals surface area contributed by atoms with Crippen LogP contribution in [0.2, 0.25) is 0 Å². The molecule has 0 fully saturated rings. The van der Waals surface area contributed by atoms with Crippen LogP contribution in [0.3, 0.4) is 0 Å². The minimum absolute atomic E-state index is 0.537. The number of ether oxygens (including phenoxy) is 1. The van der Waals surface area contributed by atoms with Crippen molar-refractivity contribution in [1.29, 1.82) is 0 Å². The molecule has 0 atom stereocenters. The van der Waals surface area contributed by atoms with E-state index < -0.39 is 5.41 Å². The Kier molecular flexibility index (Phi) is 7.79. The number of aromatic nitrogens is 3. The van der Waals surface area contributed by atoms with Crippen LogP contribution in [-0.2, 0) is 5.41 Å². The first kappa shape index (κ1) is 35.4. The molecule has 2 aromatic heterocycles. The predicted molar refractivity (Wildman–Crippen MR) is 255 cm³/mol. The molecule has 0 N–H and O–H groups in total. The fourth-order valence-corrected chi connectivity index (χ4v) is 10.3. The minimum Gasteiger partial charge on any atom is -0.457 e. The van der Waals surface area contributed by atoms with Gasteiger partial charge in [0.15, 0.2) is 5.82 Å². The van der Waals surface area contributed by atoms with Gasteiger partial charge in [-0.3, -0.25) is 0 Å². The summed E-state index contributed by atoms with van der Waals surface area (Å²) in [7, 11) is 0. The van der Waals surface area contributed by atoms with Gasteiger partial charge in [0.05, 0.1) is 27.8 Å². The third kappa shape index (κ3) is 5.35. The van der Waals surface area contributed by atoms with Gasteiger partial charge in [0.1, 0.15) is 11.5 Å². The number of benzene rings is 9. The zero-order chi connectivity index (χ0) is 41.5. The Morgan fingerprint density at radius 1 is 0.349 bits per heavy atom. The van der Waals surface area contributed by atoms with Crippen LogP contribution in [-0.4, -0.2) is 14.5 Å². The van der Waals surface area contributed by atoms with Crippen molar-refractivity contribution in [1.82, 2.24) is 14.5 Å². The molecule has 1 aliphatic carbocycles. The number of hydrogen-bond acceptors (Lipinski definition) is 3. The number of para-hydroxylation sites is 3. The Balaban J connectivity index is 1.03. The molecule has 0 bridgehead atoms. The summed E-state index contributed by atoms with van der Waals surface area (Å²) in [5, 5.41) is 2.33. The van der Waals surface area contributed by atoms with Gasteiger partial charge in [-0.1, -0.05) is 164 Å². The average Bonchev–Trinajstić information content (AvgIpc) is 3.84. The van der Waals surface area contributed by atoms with Gasteiger partial charge in [0.25, 0.3) is 0 Å². The highest BCUT2D eigenvalue weighted by Gasteiger charge is 2.51. The van der Waals surface area contributed by atoms with E-state index in [-0.39, 0.29) is 0 Å². The van der Waals surface area contributed by atoms with E-state index >= 15 is 0 Å². The minimum atomic E-state index is -0.537. The molecule has 2 aliphatic rings. The van der Waals surface area contributed by atoms with E-state index in [2.05, 4.69) is 205 Å². The zero-order valence-electron chi connectivity index (χ0n) is 34.1. The first-order valence-electron chi connectivity index (χ1n) is 21.5. The van der Waals surface area contributed by atoms with Gasteiger partial charge in [0.2, 0.25) is 0 Å². The molecule has 0 unspecified atom stereocenters. The van der Waals surface area contributed by atoms with Gasteiger partial charge in [0, 0.05) is 44.3 Å². The SMILES string of the molecule is c1ccc(-c2cc(-c3ccc4c(c3)c3cc(-c5ccc6c(c5)C5(c7ccccc7Oc7ccccc75)c5ccccc5-6)ccc3n4-c3ccccc3)nc(-c3ccccc3)n2)cc1. The summed E-state index contributed by atoms with van der Waals surface area (Å²) in [6.07, 6.45) is 0. The number of hydrogen-bond donors (Lipinski definition) is 0. The standard InChI is InChI=1S/C59H37N3O/c1-4-16-38(17-5-1)52-37-53(61-58(60-52)39-18-6-2-7-19-39)42-30-33-55-47(35-42)46-34-40(29-32-54(46)62(55)43-20-8-3-9-21-43)41-28-31-45-44-22-10-11-23-48(44)59(51(45)36-41)49-24-12-14-26-56(49)63-57-27-15-13-25-50(57)59/h1-37H. The van der Waals surface area contributed by atoms with Crippen molar-refractivity contribution in [3.8, 4) is 73.3 Å². The lowest BCUT2D eigenvalue weighted by Crippen LogP contribution is -2.32. The highest BCUT2D eigenvalue weighted by Crippen LogP contribution is 2.62. The van der Waals surface area contributed by atoms with Crippen molar-refractivity contribution < 1.29 is 4.74 Å². The molecule has 4 nitrogen and oxygen atoms in total. The average molecular weight is 804 g/mol. The van der Waals surface area contributed by atoms with E-state index in [9.17, 15) is 0 Å². The lowest BCUT2D eigenvalue weighted by Gasteiger charge is -2.39. The third-order valence-corrected chi connectivity index (χ3v) is 13.1. The van der Waals surface area contributed by atoms with Crippen LogP contribution in [0.4, 0.5) is 0 Å².